The molecule has 0 unspecified atom stereocenters. The van der Waals surface area contributed by atoms with E-state index < -0.39 is 5.82 Å². The Kier molecular flexibility index (Phi) is 3.63. The van der Waals surface area contributed by atoms with Crippen LogP contribution in [0, 0.1) is 5.82 Å². The number of hydrogen-bond donors (Lipinski definition) is 0. The Labute approximate surface area is 132 Å². The van der Waals surface area contributed by atoms with Crippen molar-refractivity contribution in [3.63, 3.8) is 0 Å². The van der Waals surface area contributed by atoms with Crippen LogP contribution < -0.4 is 0 Å². The Morgan fingerprint density at radius 3 is 2.50 bits per heavy atom. The van der Waals surface area contributed by atoms with Gasteiger partial charge in [-0.2, -0.15) is 0 Å². The first-order chi connectivity index (χ1) is 9.58. The molecule has 0 saturated carbocycles. The van der Waals surface area contributed by atoms with E-state index >= 15 is 0 Å². The lowest BCUT2D eigenvalue weighted by molar-refractivity contribution is 0.636. The number of hydrogen-bond acceptors (Lipinski definition) is 2. The maximum absolute atomic E-state index is 13.9. The van der Waals surface area contributed by atoms with Crippen LogP contribution in [0.1, 0.15) is 0 Å². The van der Waals surface area contributed by atoms with E-state index in [0.29, 0.717) is 26.3 Å². The Morgan fingerprint density at radius 1 is 1.00 bits per heavy atom. The third kappa shape index (κ3) is 2.28. The van der Waals surface area contributed by atoms with Crippen LogP contribution in [-0.4, -0.2) is 9.97 Å². The minimum Gasteiger partial charge on any atom is -0.225 e. The van der Waals surface area contributed by atoms with Crippen LogP contribution in [0.15, 0.2) is 40.9 Å². The summed E-state index contributed by atoms with van der Waals surface area (Å²) in [5.41, 5.74) is 0.770. The molecule has 0 radical (unpaired) electrons. The molecule has 1 heterocycles. The minimum atomic E-state index is -0.458. The van der Waals surface area contributed by atoms with E-state index in [-0.39, 0.29) is 10.7 Å². The highest BCUT2D eigenvalue weighted by Crippen LogP contribution is 2.33. The van der Waals surface area contributed by atoms with E-state index in [9.17, 15) is 4.39 Å². The third-order valence-electron chi connectivity index (χ3n) is 2.82. The van der Waals surface area contributed by atoms with Gasteiger partial charge >= 0.3 is 0 Å². The highest BCUT2D eigenvalue weighted by Gasteiger charge is 2.15. The number of benzene rings is 2. The second-order valence-corrected chi connectivity index (χ2v) is 5.69. The molecule has 0 aliphatic carbocycles. The zero-order valence-electron chi connectivity index (χ0n) is 9.87. The summed E-state index contributed by atoms with van der Waals surface area (Å²) < 4.78 is 14.6. The molecule has 0 aliphatic heterocycles. The van der Waals surface area contributed by atoms with Gasteiger partial charge in [-0.1, -0.05) is 35.3 Å². The van der Waals surface area contributed by atoms with Crippen LogP contribution >= 0.6 is 39.1 Å². The molecule has 0 atom stereocenters. The summed E-state index contributed by atoms with van der Waals surface area (Å²) in [6, 6.07) is 9.98. The molecule has 100 valence electrons. The summed E-state index contributed by atoms with van der Waals surface area (Å²) in [5.74, 6) is -0.161. The van der Waals surface area contributed by atoms with E-state index in [1.54, 1.807) is 30.3 Å². The molecule has 20 heavy (non-hydrogen) atoms. The second-order valence-electron chi connectivity index (χ2n) is 4.07. The summed E-state index contributed by atoms with van der Waals surface area (Å²) in [7, 11) is 0. The summed E-state index contributed by atoms with van der Waals surface area (Å²) in [6.45, 7) is 0. The van der Waals surface area contributed by atoms with Crippen molar-refractivity contribution in [2.45, 2.75) is 0 Å². The average Bonchev–Trinajstić information content (AvgIpc) is 2.43. The molecule has 2 aromatic carbocycles. The molecule has 0 N–H and O–H groups in total. The second kappa shape index (κ2) is 5.28. The molecule has 3 aromatic rings. The van der Waals surface area contributed by atoms with E-state index in [1.165, 1.54) is 6.07 Å². The summed E-state index contributed by atoms with van der Waals surface area (Å²) in [4.78, 5) is 8.45. The number of nitrogens with zero attached hydrogens (tertiary/aromatic N) is 2. The highest BCUT2D eigenvalue weighted by atomic mass is 79.9. The molecule has 0 amide bonds. The smallest absolute Gasteiger partial charge is 0.163 e. The first kappa shape index (κ1) is 13.7. The van der Waals surface area contributed by atoms with Gasteiger partial charge in [0.25, 0.3) is 0 Å². The van der Waals surface area contributed by atoms with E-state index in [1.807, 2.05) is 0 Å². The standard InChI is InChI=1S/C14H6BrCl2FN2/c15-8-5-6-10(18)12-11(8)13(17)20-14(19-12)7-3-1-2-4-9(7)16/h1-6H. The molecule has 1 aromatic heterocycles. The lowest BCUT2D eigenvalue weighted by Crippen LogP contribution is -1.95. The lowest BCUT2D eigenvalue weighted by Gasteiger charge is -2.08. The minimum absolute atomic E-state index is 0.161. The highest BCUT2D eigenvalue weighted by molar-refractivity contribution is 9.10. The van der Waals surface area contributed by atoms with E-state index in [2.05, 4.69) is 25.9 Å². The van der Waals surface area contributed by atoms with Gasteiger partial charge in [0.1, 0.15) is 16.5 Å². The van der Waals surface area contributed by atoms with Gasteiger partial charge in [-0.3, -0.25) is 0 Å². The summed E-state index contributed by atoms with van der Waals surface area (Å²) in [5, 5.41) is 1.11. The van der Waals surface area contributed by atoms with Crippen molar-refractivity contribution in [3.05, 3.63) is 56.9 Å². The van der Waals surface area contributed by atoms with Gasteiger partial charge < -0.3 is 0 Å². The number of rotatable bonds is 1. The lowest BCUT2D eigenvalue weighted by atomic mass is 10.2. The molecule has 0 spiro atoms. The zero-order chi connectivity index (χ0) is 14.3. The predicted octanol–water partition coefficient (Wildman–Crippen LogP) is 5.51. The van der Waals surface area contributed by atoms with Gasteiger partial charge in [0.05, 0.1) is 10.4 Å². The number of aromatic nitrogens is 2. The Hall–Kier alpha value is -1.23. The van der Waals surface area contributed by atoms with Crippen LogP contribution in [0.2, 0.25) is 10.2 Å². The first-order valence-electron chi connectivity index (χ1n) is 5.64. The van der Waals surface area contributed by atoms with Crippen molar-refractivity contribution in [2.24, 2.45) is 0 Å². The fourth-order valence-electron chi connectivity index (χ4n) is 1.89. The van der Waals surface area contributed by atoms with Gasteiger partial charge in [-0.15, -0.1) is 0 Å². The fraction of sp³-hybridized carbons (Fsp3) is 0. The Bertz CT molecular complexity index is 824. The molecule has 0 saturated heterocycles. The number of fused-ring (bicyclic) bond motifs is 1. The molecule has 2 nitrogen and oxygen atoms in total. The Balaban J connectivity index is 2.36. The van der Waals surface area contributed by atoms with Crippen molar-refractivity contribution in [3.8, 4) is 11.4 Å². The van der Waals surface area contributed by atoms with Crippen molar-refractivity contribution in [1.82, 2.24) is 9.97 Å². The van der Waals surface area contributed by atoms with Crippen molar-refractivity contribution >= 4 is 50.0 Å². The summed E-state index contributed by atoms with van der Waals surface area (Å²) in [6.07, 6.45) is 0. The molecule has 0 aliphatic rings. The quantitative estimate of drug-likeness (QED) is 0.527. The van der Waals surface area contributed by atoms with Crippen LogP contribution in [-0.2, 0) is 0 Å². The zero-order valence-corrected chi connectivity index (χ0v) is 13.0. The first-order valence-corrected chi connectivity index (χ1v) is 7.19. The van der Waals surface area contributed by atoms with Gasteiger partial charge in [-0.25, -0.2) is 14.4 Å². The van der Waals surface area contributed by atoms with Crippen molar-refractivity contribution in [2.75, 3.05) is 0 Å². The maximum atomic E-state index is 13.9. The molecule has 0 bridgehead atoms. The van der Waals surface area contributed by atoms with Crippen LogP contribution in [0.5, 0.6) is 0 Å². The molecule has 6 heteroatoms. The Morgan fingerprint density at radius 2 is 1.75 bits per heavy atom. The molecular formula is C14H6BrCl2FN2. The van der Waals surface area contributed by atoms with E-state index in [0.717, 1.165) is 0 Å². The molecular weight excluding hydrogens is 366 g/mol. The van der Waals surface area contributed by atoms with Crippen molar-refractivity contribution in [1.29, 1.82) is 0 Å². The van der Waals surface area contributed by atoms with Gasteiger partial charge in [0.2, 0.25) is 0 Å². The van der Waals surface area contributed by atoms with Crippen LogP contribution in [0.25, 0.3) is 22.3 Å². The summed E-state index contributed by atoms with van der Waals surface area (Å²) >= 11 is 15.6. The fourth-order valence-corrected chi connectivity index (χ4v) is 3.00. The van der Waals surface area contributed by atoms with Gasteiger partial charge in [-0.05, 0) is 40.2 Å². The maximum Gasteiger partial charge on any atom is 0.163 e. The monoisotopic (exact) mass is 370 g/mol. The number of halogens is 4. The van der Waals surface area contributed by atoms with Gasteiger partial charge in [0, 0.05) is 10.0 Å². The van der Waals surface area contributed by atoms with Crippen LogP contribution in [0.4, 0.5) is 4.39 Å². The SMILES string of the molecule is Fc1ccc(Br)c2c(Cl)nc(-c3ccccc3Cl)nc12. The topological polar surface area (TPSA) is 25.8 Å². The molecule has 3 rings (SSSR count). The van der Waals surface area contributed by atoms with Crippen molar-refractivity contribution < 1.29 is 4.39 Å². The third-order valence-corrected chi connectivity index (χ3v) is 4.08. The predicted molar refractivity (Wildman–Crippen MR) is 82.7 cm³/mol. The van der Waals surface area contributed by atoms with E-state index in [4.69, 9.17) is 23.2 Å². The largest absolute Gasteiger partial charge is 0.225 e. The normalized spacial score (nSPS) is 11.0. The van der Waals surface area contributed by atoms with Crippen LogP contribution in [0.3, 0.4) is 0 Å². The average molecular weight is 372 g/mol. The molecule has 0 fully saturated rings. The van der Waals surface area contributed by atoms with Gasteiger partial charge in [0.15, 0.2) is 5.82 Å².